The van der Waals surface area contributed by atoms with Crippen LogP contribution >= 0.6 is 0 Å². The number of aromatic nitrogens is 2. The number of esters is 1. The summed E-state index contributed by atoms with van der Waals surface area (Å²) in [5.74, 6) is -0.178. The first-order chi connectivity index (χ1) is 8.26. The van der Waals surface area contributed by atoms with Gasteiger partial charge in [0.15, 0.2) is 0 Å². The Balaban J connectivity index is 2.11. The Hall–Kier alpha value is -1.40. The number of rotatable bonds is 8. The van der Waals surface area contributed by atoms with Gasteiger partial charge in [0.1, 0.15) is 0 Å². The molecule has 6 heteroatoms. The summed E-state index contributed by atoms with van der Waals surface area (Å²) >= 11 is 0. The van der Waals surface area contributed by atoms with E-state index in [2.05, 4.69) is 15.2 Å². The Morgan fingerprint density at radius 3 is 3.18 bits per heavy atom. The maximum absolute atomic E-state index is 10.8. The van der Waals surface area contributed by atoms with Gasteiger partial charge in [0, 0.05) is 24.7 Å². The normalized spacial score (nSPS) is 10.5. The maximum Gasteiger partial charge on any atom is 0.305 e. The molecule has 96 valence electrons. The molecule has 1 aromatic heterocycles. The summed E-state index contributed by atoms with van der Waals surface area (Å²) in [4.78, 5) is 10.8. The molecule has 0 bridgehead atoms. The molecule has 1 heterocycles. The first-order valence-corrected chi connectivity index (χ1v) is 5.66. The minimum Gasteiger partial charge on any atom is -0.469 e. The van der Waals surface area contributed by atoms with Crippen LogP contribution in [0.25, 0.3) is 0 Å². The molecule has 0 radical (unpaired) electrons. The molecule has 0 spiro atoms. The molecular formula is C11H19N3O3. The van der Waals surface area contributed by atoms with E-state index in [1.165, 1.54) is 7.11 Å². The van der Waals surface area contributed by atoms with Gasteiger partial charge in [-0.05, 0) is 13.0 Å². The van der Waals surface area contributed by atoms with Crippen LogP contribution in [0.4, 0.5) is 0 Å². The van der Waals surface area contributed by atoms with Crippen LogP contribution in [0.3, 0.4) is 0 Å². The molecule has 0 saturated carbocycles. The number of hydrogen-bond acceptors (Lipinski definition) is 5. The van der Waals surface area contributed by atoms with Crippen molar-refractivity contribution in [3.05, 3.63) is 18.0 Å². The number of methoxy groups -OCH3 is 1. The average Bonchev–Trinajstić information content (AvgIpc) is 2.76. The van der Waals surface area contributed by atoms with Crippen LogP contribution in [0.15, 0.2) is 12.4 Å². The van der Waals surface area contributed by atoms with Gasteiger partial charge in [0.05, 0.1) is 26.5 Å². The van der Waals surface area contributed by atoms with Gasteiger partial charge < -0.3 is 15.2 Å². The van der Waals surface area contributed by atoms with Crippen molar-refractivity contribution in [3.8, 4) is 0 Å². The lowest BCUT2D eigenvalue weighted by molar-refractivity contribution is -0.140. The standard InChI is InChI=1S/C11H19N3O3/c1-17-11(16)3-2-4-12-7-10-8-13-14(9-10)5-6-15/h8-9,12,15H,2-7H2,1H3. The highest BCUT2D eigenvalue weighted by Crippen LogP contribution is 1.97. The van der Waals surface area contributed by atoms with E-state index in [1.807, 2.05) is 6.20 Å². The van der Waals surface area contributed by atoms with Crippen LogP contribution in [0.1, 0.15) is 18.4 Å². The molecule has 1 aromatic rings. The van der Waals surface area contributed by atoms with Crippen molar-refractivity contribution in [1.29, 1.82) is 0 Å². The van der Waals surface area contributed by atoms with Crippen molar-refractivity contribution in [2.45, 2.75) is 25.9 Å². The van der Waals surface area contributed by atoms with Gasteiger partial charge in [-0.15, -0.1) is 0 Å². The molecule has 0 saturated heterocycles. The Morgan fingerprint density at radius 1 is 1.65 bits per heavy atom. The van der Waals surface area contributed by atoms with E-state index in [4.69, 9.17) is 5.11 Å². The molecule has 0 unspecified atom stereocenters. The largest absolute Gasteiger partial charge is 0.469 e. The van der Waals surface area contributed by atoms with Crippen LogP contribution in [0, 0.1) is 0 Å². The van der Waals surface area contributed by atoms with E-state index in [0.717, 1.165) is 18.5 Å². The minimum atomic E-state index is -0.178. The van der Waals surface area contributed by atoms with E-state index in [0.29, 0.717) is 19.5 Å². The monoisotopic (exact) mass is 241 g/mol. The quantitative estimate of drug-likeness (QED) is 0.491. The molecule has 6 nitrogen and oxygen atoms in total. The first kappa shape index (κ1) is 13.7. The molecule has 0 aliphatic carbocycles. The van der Waals surface area contributed by atoms with E-state index in [-0.39, 0.29) is 12.6 Å². The lowest BCUT2D eigenvalue weighted by Crippen LogP contribution is -2.15. The van der Waals surface area contributed by atoms with E-state index >= 15 is 0 Å². The van der Waals surface area contributed by atoms with Gasteiger partial charge in [-0.2, -0.15) is 5.10 Å². The van der Waals surface area contributed by atoms with Crippen LogP contribution in [-0.4, -0.2) is 41.1 Å². The van der Waals surface area contributed by atoms with Gasteiger partial charge >= 0.3 is 5.97 Å². The fraction of sp³-hybridized carbons (Fsp3) is 0.636. The fourth-order valence-electron chi connectivity index (χ4n) is 1.41. The average molecular weight is 241 g/mol. The van der Waals surface area contributed by atoms with Crippen molar-refractivity contribution in [2.24, 2.45) is 0 Å². The lowest BCUT2D eigenvalue weighted by Gasteiger charge is -2.02. The van der Waals surface area contributed by atoms with Gasteiger partial charge in [0.2, 0.25) is 0 Å². The molecule has 0 fully saturated rings. The minimum absolute atomic E-state index is 0.0910. The lowest BCUT2D eigenvalue weighted by atomic mass is 10.3. The number of nitrogens with zero attached hydrogens (tertiary/aromatic N) is 2. The second-order valence-corrected chi connectivity index (χ2v) is 3.69. The van der Waals surface area contributed by atoms with Crippen molar-refractivity contribution in [1.82, 2.24) is 15.1 Å². The smallest absolute Gasteiger partial charge is 0.305 e. The number of nitrogens with one attached hydrogen (secondary N) is 1. The molecular weight excluding hydrogens is 222 g/mol. The summed E-state index contributed by atoms with van der Waals surface area (Å²) in [7, 11) is 1.39. The first-order valence-electron chi connectivity index (χ1n) is 5.66. The third kappa shape index (κ3) is 5.46. The Bertz CT molecular complexity index is 338. The van der Waals surface area contributed by atoms with Crippen molar-refractivity contribution < 1.29 is 14.6 Å². The van der Waals surface area contributed by atoms with Crippen molar-refractivity contribution >= 4 is 5.97 Å². The number of aliphatic hydroxyl groups excluding tert-OH is 1. The van der Waals surface area contributed by atoms with Crippen LogP contribution < -0.4 is 5.32 Å². The highest BCUT2D eigenvalue weighted by atomic mass is 16.5. The summed E-state index contributed by atoms with van der Waals surface area (Å²) in [6, 6.07) is 0. The molecule has 0 atom stereocenters. The zero-order valence-corrected chi connectivity index (χ0v) is 10.1. The molecule has 0 aliphatic rings. The number of carbonyl (C=O) groups is 1. The molecule has 17 heavy (non-hydrogen) atoms. The van der Waals surface area contributed by atoms with E-state index < -0.39 is 0 Å². The van der Waals surface area contributed by atoms with Crippen LogP contribution in [0.2, 0.25) is 0 Å². The highest BCUT2D eigenvalue weighted by molar-refractivity contribution is 5.69. The fourth-order valence-corrected chi connectivity index (χ4v) is 1.41. The predicted molar refractivity (Wildman–Crippen MR) is 62.3 cm³/mol. The van der Waals surface area contributed by atoms with Crippen molar-refractivity contribution in [2.75, 3.05) is 20.3 Å². The summed E-state index contributed by atoms with van der Waals surface area (Å²) in [6.07, 6.45) is 4.86. The van der Waals surface area contributed by atoms with E-state index in [1.54, 1.807) is 10.9 Å². The summed E-state index contributed by atoms with van der Waals surface area (Å²) in [6.45, 7) is 2.09. The zero-order chi connectivity index (χ0) is 12.5. The van der Waals surface area contributed by atoms with Crippen molar-refractivity contribution in [3.63, 3.8) is 0 Å². The molecule has 1 rings (SSSR count). The Morgan fingerprint density at radius 2 is 2.47 bits per heavy atom. The number of carbonyl (C=O) groups excluding carboxylic acids is 1. The van der Waals surface area contributed by atoms with Gasteiger partial charge in [-0.25, -0.2) is 0 Å². The highest BCUT2D eigenvalue weighted by Gasteiger charge is 2.00. The van der Waals surface area contributed by atoms with Gasteiger partial charge in [-0.1, -0.05) is 0 Å². The number of hydrogen-bond donors (Lipinski definition) is 2. The SMILES string of the molecule is COC(=O)CCCNCc1cnn(CCO)c1. The molecule has 2 N–H and O–H groups in total. The third-order valence-electron chi connectivity index (χ3n) is 2.31. The second kappa shape index (κ2) is 7.81. The summed E-state index contributed by atoms with van der Waals surface area (Å²) in [5.41, 5.74) is 1.07. The predicted octanol–water partition coefficient (Wildman–Crippen LogP) is -0.0818. The topological polar surface area (TPSA) is 76.4 Å². The van der Waals surface area contributed by atoms with Gasteiger partial charge in [-0.3, -0.25) is 9.48 Å². The Kier molecular flexibility index (Phi) is 6.27. The summed E-state index contributed by atoms with van der Waals surface area (Å²) in [5, 5.41) is 16.0. The van der Waals surface area contributed by atoms with Crippen LogP contribution in [-0.2, 0) is 22.6 Å². The number of ether oxygens (including phenoxy) is 1. The van der Waals surface area contributed by atoms with E-state index in [9.17, 15) is 4.79 Å². The van der Waals surface area contributed by atoms with Crippen LogP contribution in [0.5, 0.6) is 0 Å². The molecule has 0 aliphatic heterocycles. The maximum atomic E-state index is 10.8. The zero-order valence-electron chi connectivity index (χ0n) is 10.1. The summed E-state index contributed by atoms with van der Waals surface area (Å²) < 4.78 is 6.24. The molecule has 0 amide bonds. The number of aliphatic hydroxyl groups is 1. The third-order valence-corrected chi connectivity index (χ3v) is 2.31. The molecule has 0 aromatic carbocycles. The Labute approximate surface area is 101 Å². The second-order valence-electron chi connectivity index (χ2n) is 3.69. The van der Waals surface area contributed by atoms with Gasteiger partial charge in [0.25, 0.3) is 0 Å².